The number of nitrogens with zero attached hydrogens (tertiary/aromatic N) is 1. The fraction of sp³-hybridized carbons (Fsp3) is 0.357. The predicted octanol–water partition coefficient (Wildman–Crippen LogP) is 3.86. The van der Waals surface area contributed by atoms with Crippen molar-refractivity contribution >= 4 is 15.9 Å². The molecule has 1 aromatic heterocycles. The van der Waals surface area contributed by atoms with Crippen molar-refractivity contribution < 1.29 is 8.78 Å². The average molecular weight is 344 g/mol. The van der Waals surface area contributed by atoms with E-state index in [4.69, 9.17) is 0 Å². The van der Waals surface area contributed by atoms with E-state index in [9.17, 15) is 8.78 Å². The Bertz CT molecular complexity index is 596. The normalized spacial score (nSPS) is 11.3. The van der Waals surface area contributed by atoms with Gasteiger partial charge in [-0.3, -0.25) is 0 Å². The number of hydrogen-bond donors (Lipinski definition) is 2. The van der Waals surface area contributed by atoms with E-state index in [1.54, 1.807) is 6.20 Å². The van der Waals surface area contributed by atoms with E-state index in [0.717, 1.165) is 18.3 Å². The van der Waals surface area contributed by atoms with Gasteiger partial charge in [0.25, 0.3) is 0 Å². The Morgan fingerprint density at radius 1 is 1.35 bits per heavy atom. The molecule has 0 aliphatic heterocycles. The lowest BCUT2D eigenvalue weighted by Gasteiger charge is -2.05. The monoisotopic (exact) mass is 343 g/mol. The van der Waals surface area contributed by atoms with Gasteiger partial charge in [-0.15, -0.1) is 0 Å². The van der Waals surface area contributed by atoms with Gasteiger partial charge in [0.1, 0.15) is 5.82 Å². The number of halogens is 3. The average Bonchev–Trinajstić information content (AvgIpc) is 2.84. The molecule has 2 aromatic rings. The molecule has 3 nitrogen and oxygen atoms in total. The van der Waals surface area contributed by atoms with Gasteiger partial charge in [0.15, 0.2) is 11.6 Å². The summed E-state index contributed by atoms with van der Waals surface area (Å²) >= 11 is 3.06. The minimum absolute atomic E-state index is 0.0774. The first-order valence-corrected chi connectivity index (χ1v) is 7.16. The first-order chi connectivity index (χ1) is 9.49. The number of rotatable bonds is 5. The topological polar surface area (TPSA) is 40.7 Å². The molecule has 0 atom stereocenters. The summed E-state index contributed by atoms with van der Waals surface area (Å²) in [5.74, 6) is -0.709. The Morgan fingerprint density at radius 2 is 2.10 bits per heavy atom. The summed E-state index contributed by atoms with van der Waals surface area (Å²) in [6.07, 6.45) is 1.69. The highest BCUT2D eigenvalue weighted by Gasteiger charge is 2.14. The van der Waals surface area contributed by atoms with Crippen molar-refractivity contribution in [1.82, 2.24) is 15.3 Å². The Balaban J connectivity index is 2.15. The van der Waals surface area contributed by atoms with Gasteiger partial charge in [-0.05, 0) is 40.5 Å². The van der Waals surface area contributed by atoms with Crippen LogP contribution in [0.5, 0.6) is 0 Å². The van der Waals surface area contributed by atoms with Crippen LogP contribution in [0.2, 0.25) is 0 Å². The highest BCUT2D eigenvalue weighted by molar-refractivity contribution is 9.10. The highest BCUT2D eigenvalue weighted by atomic mass is 79.9. The van der Waals surface area contributed by atoms with Crippen LogP contribution in [0, 0.1) is 17.6 Å². The number of aromatic nitrogens is 2. The molecule has 0 bridgehead atoms. The van der Waals surface area contributed by atoms with Crippen LogP contribution in [-0.4, -0.2) is 16.5 Å². The number of benzene rings is 1. The maximum atomic E-state index is 13.5. The molecule has 0 saturated carbocycles. The molecule has 0 radical (unpaired) electrons. The van der Waals surface area contributed by atoms with Gasteiger partial charge in [0, 0.05) is 24.0 Å². The largest absolute Gasteiger partial charge is 0.341 e. The van der Waals surface area contributed by atoms with Gasteiger partial charge in [0.2, 0.25) is 0 Å². The minimum atomic E-state index is -0.904. The Kier molecular flexibility index (Phi) is 4.88. The van der Waals surface area contributed by atoms with Crippen molar-refractivity contribution in [3.05, 3.63) is 40.1 Å². The third-order valence-electron chi connectivity index (χ3n) is 2.79. The van der Waals surface area contributed by atoms with E-state index in [-0.39, 0.29) is 4.47 Å². The van der Waals surface area contributed by atoms with E-state index in [2.05, 4.69) is 45.1 Å². The molecular weight excluding hydrogens is 328 g/mol. The van der Waals surface area contributed by atoms with Gasteiger partial charge in [-0.25, -0.2) is 13.8 Å². The summed E-state index contributed by atoms with van der Waals surface area (Å²) < 4.78 is 26.7. The van der Waals surface area contributed by atoms with Crippen LogP contribution in [0.1, 0.15) is 19.5 Å². The van der Waals surface area contributed by atoms with Gasteiger partial charge >= 0.3 is 0 Å². The van der Waals surface area contributed by atoms with E-state index >= 15 is 0 Å². The molecule has 2 rings (SSSR count). The second kappa shape index (κ2) is 6.45. The molecule has 0 saturated heterocycles. The Labute approximate surface area is 124 Å². The molecule has 6 heteroatoms. The molecule has 0 spiro atoms. The molecule has 0 aliphatic carbocycles. The zero-order chi connectivity index (χ0) is 14.7. The van der Waals surface area contributed by atoms with Gasteiger partial charge < -0.3 is 10.3 Å². The van der Waals surface area contributed by atoms with E-state index in [0.29, 0.717) is 23.9 Å². The third kappa shape index (κ3) is 3.43. The number of imidazole rings is 1. The molecule has 0 amide bonds. The highest BCUT2D eigenvalue weighted by Crippen LogP contribution is 2.29. The summed E-state index contributed by atoms with van der Waals surface area (Å²) in [4.78, 5) is 7.30. The zero-order valence-electron chi connectivity index (χ0n) is 11.3. The van der Waals surface area contributed by atoms with Crippen molar-refractivity contribution in [1.29, 1.82) is 0 Å². The summed E-state index contributed by atoms with van der Waals surface area (Å²) in [5, 5.41) is 3.28. The Hall–Kier alpha value is -1.27. The third-order valence-corrected chi connectivity index (χ3v) is 3.56. The first kappa shape index (κ1) is 15.1. The molecule has 0 fully saturated rings. The van der Waals surface area contributed by atoms with Crippen LogP contribution in [0.4, 0.5) is 8.78 Å². The number of H-pyrrole nitrogens is 1. The predicted molar refractivity (Wildman–Crippen MR) is 78.2 cm³/mol. The first-order valence-electron chi connectivity index (χ1n) is 6.37. The van der Waals surface area contributed by atoms with Crippen LogP contribution in [0.15, 0.2) is 22.8 Å². The summed E-state index contributed by atoms with van der Waals surface area (Å²) in [7, 11) is 0. The lowest BCUT2D eigenvalue weighted by molar-refractivity contribution is 0.504. The second-order valence-electron chi connectivity index (χ2n) is 5.00. The quantitative estimate of drug-likeness (QED) is 0.809. The van der Waals surface area contributed by atoms with Crippen LogP contribution >= 0.6 is 15.9 Å². The Morgan fingerprint density at radius 3 is 2.80 bits per heavy atom. The van der Waals surface area contributed by atoms with Crippen molar-refractivity contribution in [2.24, 2.45) is 5.92 Å². The molecule has 1 aromatic carbocycles. The van der Waals surface area contributed by atoms with Gasteiger partial charge in [-0.1, -0.05) is 13.8 Å². The fourth-order valence-electron chi connectivity index (χ4n) is 1.79. The SMILES string of the molecule is CC(C)CNCc1cnc(-c2ccc(F)c(F)c2Br)[nH]1. The van der Waals surface area contributed by atoms with Crippen LogP contribution in [0.25, 0.3) is 11.4 Å². The molecule has 0 unspecified atom stereocenters. The van der Waals surface area contributed by atoms with E-state index < -0.39 is 11.6 Å². The number of hydrogen-bond acceptors (Lipinski definition) is 2. The van der Waals surface area contributed by atoms with Crippen molar-refractivity contribution in [2.45, 2.75) is 20.4 Å². The lowest BCUT2D eigenvalue weighted by Crippen LogP contribution is -2.19. The van der Waals surface area contributed by atoms with Gasteiger partial charge in [-0.2, -0.15) is 0 Å². The maximum Gasteiger partial charge on any atom is 0.173 e. The maximum absolute atomic E-state index is 13.5. The number of aromatic amines is 1. The summed E-state index contributed by atoms with van der Waals surface area (Å²) in [6, 6.07) is 2.58. The van der Waals surface area contributed by atoms with Crippen LogP contribution in [-0.2, 0) is 6.54 Å². The summed E-state index contributed by atoms with van der Waals surface area (Å²) in [5.41, 5.74) is 1.40. The van der Waals surface area contributed by atoms with Gasteiger partial charge in [0.05, 0.1) is 4.47 Å². The molecule has 2 N–H and O–H groups in total. The molecular formula is C14H16BrF2N3. The molecule has 108 valence electrons. The second-order valence-corrected chi connectivity index (χ2v) is 5.80. The van der Waals surface area contributed by atoms with Crippen molar-refractivity contribution in [3.63, 3.8) is 0 Å². The number of nitrogens with one attached hydrogen (secondary N) is 2. The summed E-state index contributed by atoms with van der Waals surface area (Å²) in [6.45, 7) is 5.82. The standard InChI is InChI=1S/C14H16BrF2N3/c1-8(2)5-18-6-9-7-19-14(20-9)10-3-4-11(16)13(17)12(10)15/h3-4,7-8,18H,5-6H2,1-2H3,(H,19,20). The minimum Gasteiger partial charge on any atom is -0.341 e. The molecule has 0 aliphatic rings. The van der Waals surface area contributed by atoms with Crippen LogP contribution in [0.3, 0.4) is 0 Å². The molecule has 1 heterocycles. The molecule has 20 heavy (non-hydrogen) atoms. The lowest BCUT2D eigenvalue weighted by atomic mass is 10.2. The van der Waals surface area contributed by atoms with Crippen molar-refractivity contribution in [2.75, 3.05) is 6.54 Å². The smallest absolute Gasteiger partial charge is 0.173 e. The van der Waals surface area contributed by atoms with E-state index in [1.165, 1.54) is 6.07 Å². The van der Waals surface area contributed by atoms with E-state index in [1.807, 2.05) is 0 Å². The van der Waals surface area contributed by atoms with Crippen molar-refractivity contribution in [3.8, 4) is 11.4 Å². The van der Waals surface area contributed by atoms with Crippen LogP contribution < -0.4 is 5.32 Å². The zero-order valence-corrected chi connectivity index (χ0v) is 12.9. The fourth-order valence-corrected chi connectivity index (χ4v) is 2.30.